The third kappa shape index (κ3) is 3.43. The molecule has 144 valence electrons. The van der Waals surface area contributed by atoms with Crippen LogP contribution in [-0.2, 0) is 0 Å². The lowest BCUT2D eigenvalue weighted by atomic mass is 10.1. The number of nitrogens with one attached hydrogen (secondary N) is 1. The molecule has 0 aliphatic carbocycles. The normalized spacial score (nSPS) is 11.8. The van der Waals surface area contributed by atoms with Gasteiger partial charge in [-0.3, -0.25) is 0 Å². The summed E-state index contributed by atoms with van der Waals surface area (Å²) in [6.45, 7) is 6.05. The third-order valence-corrected chi connectivity index (χ3v) is 5.24. The van der Waals surface area contributed by atoms with Gasteiger partial charge >= 0.3 is 0 Å². The van der Waals surface area contributed by atoms with E-state index in [1.54, 1.807) is 12.1 Å². The van der Waals surface area contributed by atoms with Crippen LogP contribution in [0, 0.1) is 37.9 Å². The number of allylic oxidation sites excluding steroid dienone is 1. The molecule has 2 aromatic carbocycles. The highest BCUT2D eigenvalue weighted by atomic mass is 35.5. The lowest BCUT2D eigenvalue weighted by Gasteiger charge is -2.13. The fourth-order valence-corrected chi connectivity index (χ4v) is 3.71. The molecule has 2 heterocycles. The average molecular weight is 405 g/mol. The first-order chi connectivity index (χ1) is 13.9. The van der Waals surface area contributed by atoms with Crippen molar-refractivity contribution in [1.29, 1.82) is 5.26 Å². The zero-order chi connectivity index (χ0) is 20.7. The van der Waals surface area contributed by atoms with Gasteiger partial charge in [-0.1, -0.05) is 17.7 Å². The SMILES string of the molecule is Cc1ccc(Cl)cc1-n1c(C)cc(/C=C(/C#N)c2nc3ccc(F)cc3[nH]2)c1C. The molecule has 0 aliphatic heterocycles. The predicted octanol–water partition coefficient (Wildman–Crippen LogP) is 6.14. The number of aromatic nitrogens is 3. The summed E-state index contributed by atoms with van der Waals surface area (Å²) < 4.78 is 15.6. The van der Waals surface area contributed by atoms with Crippen molar-refractivity contribution >= 4 is 34.3 Å². The second kappa shape index (κ2) is 7.23. The molecule has 0 unspecified atom stereocenters. The Morgan fingerprint density at radius 3 is 2.72 bits per heavy atom. The summed E-state index contributed by atoms with van der Waals surface area (Å²) in [6, 6.07) is 14.3. The van der Waals surface area contributed by atoms with E-state index in [0.29, 0.717) is 27.5 Å². The van der Waals surface area contributed by atoms with E-state index >= 15 is 0 Å². The minimum absolute atomic E-state index is 0.351. The van der Waals surface area contributed by atoms with Crippen molar-refractivity contribution in [1.82, 2.24) is 14.5 Å². The van der Waals surface area contributed by atoms with E-state index in [2.05, 4.69) is 20.6 Å². The lowest BCUT2D eigenvalue weighted by Crippen LogP contribution is -2.01. The highest BCUT2D eigenvalue weighted by Gasteiger charge is 2.14. The van der Waals surface area contributed by atoms with Crippen molar-refractivity contribution in [3.63, 3.8) is 0 Å². The van der Waals surface area contributed by atoms with Crippen molar-refractivity contribution in [3.8, 4) is 11.8 Å². The Bertz CT molecular complexity index is 1320. The van der Waals surface area contributed by atoms with E-state index in [4.69, 9.17) is 11.6 Å². The number of nitrogens with zero attached hydrogens (tertiary/aromatic N) is 3. The number of fused-ring (bicyclic) bond motifs is 1. The first-order valence-corrected chi connectivity index (χ1v) is 9.48. The first-order valence-electron chi connectivity index (χ1n) is 9.10. The summed E-state index contributed by atoms with van der Waals surface area (Å²) in [5, 5.41) is 10.4. The largest absolute Gasteiger partial charge is 0.337 e. The van der Waals surface area contributed by atoms with Gasteiger partial charge in [0.05, 0.1) is 16.6 Å². The topological polar surface area (TPSA) is 57.4 Å². The second-order valence-electron chi connectivity index (χ2n) is 7.01. The minimum Gasteiger partial charge on any atom is -0.337 e. The monoisotopic (exact) mass is 404 g/mol. The van der Waals surface area contributed by atoms with E-state index in [9.17, 15) is 9.65 Å². The molecule has 0 aliphatic rings. The molecule has 0 bridgehead atoms. The van der Waals surface area contributed by atoms with Crippen molar-refractivity contribution in [2.75, 3.05) is 0 Å². The lowest BCUT2D eigenvalue weighted by molar-refractivity contribution is 0.629. The van der Waals surface area contributed by atoms with Crippen LogP contribution in [-0.4, -0.2) is 14.5 Å². The minimum atomic E-state index is -0.351. The zero-order valence-corrected chi connectivity index (χ0v) is 17.0. The Kier molecular flexibility index (Phi) is 4.73. The Morgan fingerprint density at radius 2 is 1.97 bits per heavy atom. The van der Waals surface area contributed by atoms with Crippen LogP contribution in [0.15, 0.2) is 42.5 Å². The number of hydrogen-bond acceptors (Lipinski definition) is 2. The summed E-state index contributed by atoms with van der Waals surface area (Å²) >= 11 is 6.21. The van der Waals surface area contributed by atoms with Gasteiger partial charge in [-0.25, -0.2) is 9.37 Å². The summed E-state index contributed by atoms with van der Waals surface area (Å²) in [4.78, 5) is 7.46. The zero-order valence-electron chi connectivity index (χ0n) is 16.2. The highest BCUT2D eigenvalue weighted by molar-refractivity contribution is 6.30. The second-order valence-corrected chi connectivity index (χ2v) is 7.45. The predicted molar refractivity (Wildman–Crippen MR) is 115 cm³/mol. The third-order valence-electron chi connectivity index (χ3n) is 5.00. The van der Waals surface area contributed by atoms with Crippen LogP contribution in [0.5, 0.6) is 0 Å². The van der Waals surface area contributed by atoms with Gasteiger partial charge in [-0.2, -0.15) is 5.26 Å². The number of halogens is 2. The van der Waals surface area contributed by atoms with E-state index in [-0.39, 0.29) is 5.82 Å². The van der Waals surface area contributed by atoms with Crippen molar-refractivity contribution in [2.24, 2.45) is 0 Å². The van der Waals surface area contributed by atoms with Crippen molar-refractivity contribution in [2.45, 2.75) is 20.8 Å². The van der Waals surface area contributed by atoms with Gasteiger partial charge in [0.15, 0.2) is 0 Å². The fourth-order valence-electron chi connectivity index (χ4n) is 3.55. The number of H-pyrrole nitrogens is 1. The molecule has 4 nitrogen and oxygen atoms in total. The van der Waals surface area contributed by atoms with Crippen LogP contribution in [0.2, 0.25) is 5.02 Å². The van der Waals surface area contributed by atoms with Crippen LogP contribution >= 0.6 is 11.6 Å². The first kappa shape index (κ1) is 19.0. The molecular formula is C23H18ClFN4. The van der Waals surface area contributed by atoms with Gasteiger partial charge in [0.25, 0.3) is 0 Å². The molecule has 0 atom stereocenters. The summed E-state index contributed by atoms with van der Waals surface area (Å²) in [7, 11) is 0. The number of aromatic amines is 1. The van der Waals surface area contributed by atoms with Crippen molar-refractivity contribution in [3.05, 3.63) is 81.6 Å². The molecule has 6 heteroatoms. The quantitative estimate of drug-likeness (QED) is 0.417. The van der Waals surface area contributed by atoms with Gasteiger partial charge in [0.2, 0.25) is 0 Å². The maximum atomic E-state index is 13.5. The van der Waals surface area contributed by atoms with E-state index < -0.39 is 0 Å². The molecule has 0 spiro atoms. The molecule has 2 aromatic heterocycles. The number of aryl methyl sites for hydroxylation is 2. The van der Waals surface area contributed by atoms with Crippen LogP contribution in [0.25, 0.3) is 28.4 Å². The Labute approximate surface area is 172 Å². The Balaban J connectivity index is 1.82. The molecule has 29 heavy (non-hydrogen) atoms. The Morgan fingerprint density at radius 1 is 1.17 bits per heavy atom. The molecule has 0 fully saturated rings. The molecule has 4 rings (SSSR count). The molecule has 0 amide bonds. The molecule has 0 radical (unpaired) electrons. The Hall–Kier alpha value is -3.36. The van der Waals surface area contributed by atoms with E-state index in [1.807, 2.05) is 45.0 Å². The average Bonchev–Trinajstić information content (AvgIpc) is 3.22. The van der Waals surface area contributed by atoms with E-state index in [1.165, 1.54) is 12.1 Å². The van der Waals surface area contributed by atoms with Gasteiger partial charge in [-0.15, -0.1) is 0 Å². The highest BCUT2D eigenvalue weighted by Crippen LogP contribution is 2.28. The number of nitriles is 1. The van der Waals surface area contributed by atoms with Crippen LogP contribution < -0.4 is 0 Å². The molecular weight excluding hydrogens is 387 g/mol. The number of benzene rings is 2. The van der Waals surface area contributed by atoms with Gasteiger partial charge in [0, 0.05) is 22.1 Å². The standard InChI is InChI=1S/C23H18ClFN4/c1-13-4-5-18(24)10-22(13)29-14(2)8-16(15(29)3)9-17(12-26)23-27-20-7-6-19(25)11-21(20)28-23/h4-11H,1-3H3,(H,27,28)/b17-9-. The summed E-state index contributed by atoms with van der Waals surface area (Å²) in [5.74, 6) is 0.0625. The number of imidazole rings is 1. The molecule has 4 aromatic rings. The molecule has 1 N–H and O–H groups in total. The maximum absolute atomic E-state index is 13.5. The fraction of sp³-hybridized carbons (Fsp3) is 0.130. The van der Waals surface area contributed by atoms with Crippen LogP contribution in [0.4, 0.5) is 4.39 Å². The van der Waals surface area contributed by atoms with Crippen molar-refractivity contribution < 1.29 is 4.39 Å². The smallest absolute Gasteiger partial charge is 0.149 e. The number of hydrogen-bond donors (Lipinski definition) is 1. The van der Waals surface area contributed by atoms with Gasteiger partial charge < -0.3 is 9.55 Å². The van der Waals surface area contributed by atoms with Gasteiger partial charge in [-0.05, 0) is 74.4 Å². The van der Waals surface area contributed by atoms with Gasteiger partial charge in [0.1, 0.15) is 17.7 Å². The summed E-state index contributed by atoms with van der Waals surface area (Å²) in [6.07, 6.45) is 1.80. The number of rotatable bonds is 3. The molecule has 0 saturated heterocycles. The van der Waals surface area contributed by atoms with Crippen LogP contribution in [0.3, 0.4) is 0 Å². The van der Waals surface area contributed by atoms with E-state index in [0.717, 1.165) is 28.2 Å². The molecule has 0 saturated carbocycles. The van der Waals surface area contributed by atoms with Crippen LogP contribution in [0.1, 0.15) is 28.3 Å². The summed E-state index contributed by atoms with van der Waals surface area (Å²) in [5.41, 5.74) is 6.58. The maximum Gasteiger partial charge on any atom is 0.149 e.